The highest BCUT2D eigenvalue weighted by atomic mass is 32.1. The number of nitrogens with zero attached hydrogens (tertiary/aromatic N) is 1. The molecule has 1 saturated carbocycles. The number of rotatable bonds is 2. The molecule has 2 nitrogen and oxygen atoms in total. The van der Waals surface area contributed by atoms with E-state index < -0.39 is 0 Å². The van der Waals surface area contributed by atoms with Gasteiger partial charge in [-0.05, 0) is 50.8 Å². The van der Waals surface area contributed by atoms with Crippen molar-refractivity contribution in [3.8, 4) is 5.69 Å². The standard InChI is InChI=1S/C15H18N2S/c1-9-6-10(2)15(11(3)7-9)17-14(18)8-13(16-17)12-4-5-12/h6-8,12,16H,4-5H2,1-3H3. The van der Waals surface area contributed by atoms with Crippen LogP contribution in [0.3, 0.4) is 0 Å². The normalized spacial score (nSPS) is 15.1. The second-order valence-electron chi connectivity index (χ2n) is 5.41. The fourth-order valence-electron chi connectivity index (χ4n) is 2.71. The van der Waals surface area contributed by atoms with E-state index in [1.165, 1.54) is 40.9 Å². The average molecular weight is 258 g/mol. The molecule has 3 heteroatoms. The molecule has 0 amide bonds. The Hall–Kier alpha value is -1.35. The van der Waals surface area contributed by atoms with E-state index in [9.17, 15) is 0 Å². The molecular weight excluding hydrogens is 240 g/mol. The fraction of sp³-hybridized carbons (Fsp3) is 0.400. The Kier molecular flexibility index (Phi) is 2.67. The van der Waals surface area contributed by atoms with Crippen LogP contribution in [0.4, 0.5) is 0 Å². The first-order chi connectivity index (χ1) is 8.56. The van der Waals surface area contributed by atoms with Crippen molar-refractivity contribution in [1.29, 1.82) is 0 Å². The summed E-state index contributed by atoms with van der Waals surface area (Å²) < 4.78 is 2.94. The van der Waals surface area contributed by atoms with Crippen LogP contribution < -0.4 is 0 Å². The average Bonchev–Trinajstić information content (AvgIpc) is 3.03. The molecule has 1 aliphatic rings. The van der Waals surface area contributed by atoms with Gasteiger partial charge in [-0.15, -0.1) is 0 Å². The zero-order chi connectivity index (χ0) is 12.9. The quantitative estimate of drug-likeness (QED) is 0.795. The fourth-order valence-corrected chi connectivity index (χ4v) is 2.97. The van der Waals surface area contributed by atoms with E-state index in [2.05, 4.69) is 48.8 Å². The second-order valence-corrected chi connectivity index (χ2v) is 5.83. The van der Waals surface area contributed by atoms with Crippen molar-refractivity contribution in [2.45, 2.75) is 39.5 Å². The van der Waals surface area contributed by atoms with Gasteiger partial charge in [0.2, 0.25) is 0 Å². The Labute approximate surface area is 113 Å². The molecule has 1 N–H and O–H groups in total. The van der Waals surface area contributed by atoms with Crippen molar-refractivity contribution in [3.05, 3.63) is 45.2 Å². The van der Waals surface area contributed by atoms with E-state index in [0.717, 1.165) is 4.64 Å². The van der Waals surface area contributed by atoms with Gasteiger partial charge >= 0.3 is 0 Å². The lowest BCUT2D eigenvalue weighted by Crippen LogP contribution is -2.03. The van der Waals surface area contributed by atoms with E-state index in [4.69, 9.17) is 12.2 Å². The molecule has 18 heavy (non-hydrogen) atoms. The SMILES string of the molecule is Cc1cc(C)c(-n2[nH]c(C3CC3)cc2=S)c(C)c1. The molecule has 1 aliphatic carbocycles. The topological polar surface area (TPSA) is 20.7 Å². The van der Waals surface area contributed by atoms with Crippen molar-refractivity contribution >= 4 is 12.2 Å². The summed E-state index contributed by atoms with van der Waals surface area (Å²) in [5, 5.41) is 3.47. The van der Waals surface area contributed by atoms with Crippen LogP contribution in [0.5, 0.6) is 0 Å². The zero-order valence-electron chi connectivity index (χ0n) is 11.1. The number of aromatic amines is 1. The maximum atomic E-state index is 5.49. The van der Waals surface area contributed by atoms with Gasteiger partial charge in [0.1, 0.15) is 4.64 Å². The third-order valence-electron chi connectivity index (χ3n) is 3.62. The molecule has 0 spiro atoms. The largest absolute Gasteiger partial charge is 0.297 e. The number of aromatic nitrogens is 2. The number of benzene rings is 1. The third-order valence-corrected chi connectivity index (χ3v) is 3.92. The molecule has 0 bridgehead atoms. The van der Waals surface area contributed by atoms with Gasteiger partial charge in [0.25, 0.3) is 0 Å². The minimum Gasteiger partial charge on any atom is -0.297 e. The van der Waals surface area contributed by atoms with Gasteiger partial charge in [0.05, 0.1) is 5.69 Å². The maximum absolute atomic E-state index is 5.49. The summed E-state index contributed by atoms with van der Waals surface area (Å²) >= 11 is 5.49. The van der Waals surface area contributed by atoms with E-state index in [-0.39, 0.29) is 0 Å². The van der Waals surface area contributed by atoms with Crippen molar-refractivity contribution in [1.82, 2.24) is 9.78 Å². The summed E-state index contributed by atoms with van der Waals surface area (Å²) in [5.74, 6) is 0.707. The predicted molar refractivity (Wildman–Crippen MR) is 77.1 cm³/mol. The Morgan fingerprint density at radius 1 is 1.11 bits per heavy atom. The molecular formula is C15H18N2S. The first kappa shape index (κ1) is 11.7. The summed E-state index contributed by atoms with van der Waals surface area (Å²) in [5.41, 5.74) is 6.34. The monoisotopic (exact) mass is 258 g/mol. The van der Waals surface area contributed by atoms with E-state index in [0.29, 0.717) is 5.92 Å². The molecule has 3 rings (SSSR count). The van der Waals surface area contributed by atoms with Crippen molar-refractivity contribution < 1.29 is 0 Å². The van der Waals surface area contributed by atoms with E-state index in [1.54, 1.807) is 0 Å². The van der Waals surface area contributed by atoms with Crippen LogP contribution in [0, 0.1) is 25.4 Å². The molecule has 94 valence electrons. The molecule has 1 aromatic heterocycles. The molecule has 0 aliphatic heterocycles. The van der Waals surface area contributed by atoms with Gasteiger partial charge in [-0.1, -0.05) is 29.9 Å². The smallest absolute Gasteiger partial charge is 0.127 e. The minimum atomic E-state index is 0.707. The van der Waals surface area contributed by atoms with Gasteiger partial charge in [-0.25, -0.2) is 4.68 Å². The minimum absolute atomic E-state index is 0.707. The highest BCUT2D eigenvalue weighted by Crippen LogP contribution is 2.39. The number of hydrogen-bond acceptors (Lipinski definition) is 1. The van der Waals surface area contributed by atoms with Crippen molar-refractivity contribution in [3.63, 3.8) is 0 Å². The number of hydrogen-bond donors (Lipinski definition) is 1. The molecule has 0 saturated heterocycles. The van der Waals surface area contributed by atoms with E-state index >= 15 is 0 Å². The van der Waals surface area contributed by atoms with Crippen LogP contribution in [0.25, 0.3) is 5.69 Å². The van der Waals surface area contributed by atoms with Crippen LogP contribution >= 0.6 is 12.2 Å². The van der Waals surface area contributed by atoms with Crippen LogP contribution in [0.1, 0.15) is 41.1 Å². The van der Waals surface area contributed by atoms with Gasteiger partial charge in [0.15, 0.2) is 0 Å². The molecule has 1 fully saturated rings. The Balaban J connectivity index is 2.17. The van der Waals surface area contributed by atoms with Gasteiger partial charge in [0, 0.05) is 11.6 Å². The summed E-state index contributed by atoms with van der Waals surface area (Å²) in [6.07, 6.45) is 2.59. The lowest BCUT2D eigenvalue weighted by Gasteiger charge is -2.12. The third kappa shape index (κ3) is 1.93. The van der Waals surface area contributed by atoms with Crippen molar-refractivity contribution in [2.75, 3.05) is 0 Å². The number of nitrogens with one attached hydrogen (secondary N) is 1. The highest BCUT2D eigenvalue weighted by Gasteiger charge is 2.25. The Bertz CT molecular complexity index is 636. The maximum Gasteiger partial charge on any atom is 0.127 e. The predicted octanol–water partition coefficient (Wildman–Crippen LogP) is 4.34. The number of aryl methyl sites for hydroxylation is 3. The molecule has 2 aromatic rings. The summed E-state index contributed by atoms with van der Waals surface area (Å²) in [4.78, 5) is 0. The molecule has 0 radical (unpaired) electrons. The summed E-state index contributed by atoms with van der Waals surface area (Å²) in [7, 11) is 0. The van der Waals surface area contributed by atoms with Crippen LogP contribution in [-0.2, 0) is 0 Å². The highest BCUT2D eigenvalue weighted by molar-refractivity contribution is 7.71. The van der Waals surface area contributed by atoms with Crippen LogP contribution in [0.2, 0.25) is 0 Å². The molecule has 0 atom stereocenters. The summed E-state index contributed by atoms with van der Waals surface area (Å²) in [6, 6.07) is 6.54. The Morgan fingerprint density at radius 3 is 2.28 bits per heavy atom. The molecule has 1 aromatic carbocycles. The Morgan fingerprint density at radius 2 is 1.72 bits per heavy atom. The second kappa shape index (κ2) is 4.09. The lowest BCUT2D eigenvalue weighted by molar-refractivity contribution is 0.818. The van der Waals surface area contributed by atoms with Gasteiger partial charge in [-0.2, -0.15) is 0 Å². The van der Waals surface area contributed by atoms with E-state index in [1.807, 2.05) is 0 Å². The van der Waals surface area contributed by atoms with Crippen LogP contribution in [-0.4, -0.2) is 9.78 Å². The van der Waals surface area contributed by atoms with Crippen molar-refractivity contribution in [2.24, 2.45) is 0 Å². The first-order valence-corrected chi connectivity index (χ1v) is 6.87. The zero-order valence-corrected chi connectivity index (χ0v) is 11.9. The lowest BCUT2D eigenvalue weighted by atomic mass is 10.1. The van der Waals surface area contributed by atoms with Gasteiger partial charge in [-0.3, -0.25) is 5.10 Å². The molecule has 0 unspecified atom stereocenters. The van der Waals surface area contributed by atoms with Gasteiger partial charge < -0.3 is 0 Å². The summed E-state index contributed by atoms with van der Waals surface area (Å²) in [6.45, 7) is 6.43. The molecule has 1 heterocycles. The number of H-pyrrole nitrogens is 1. The van der Waals surface area contributed by atoms with Crippen LogP contribution in [0.15, 0.2) is 18.2 Å². The first-order valence-electron chi connectivity index (χ1n) is 6.46.